The van der Waals surface area contributed by atoms with Gasteiger partial charge in [-0.15, -0.1) is 0 Å². The van der Waals surface area contributed by atoms with Gasteiger partial charge in [0.15, 0.2) is 0 Å². The van der Waals surface area contributed by atoms with Crippen LogP contribution in [-0.4, -0.2) is 17.7 Å². The average Bonchev–Trinajstić information content (AvgIpc) is 2.79. The zero-order valence-corrected chi connectivity index (χ0v) is 9.86. The summed E-state index contributed by atoms with van der Waals surface area (Å²) in [6.07, 6.45) is 6.64. The molecule has 1 aliphatic rings. The Labute approximate surface area is 97.0 Å². The lowest BCUT2D eigenvalue weighted by Crippen LogP contribution is -2.16. The Hall–Kier alpha value is -0.930. The summed E-state index contributed by atoms with van der Waals surface area (Å²) in [5.74, 6) is 0. The molecule has 0 bridgehead atoms. The molecule has 3 heteroatoms. The van der Waals surface area contributed by atoms with Gasteiger partial charge in [-0.3, -0.25) is 4.98 Å². The van der Waals surface area contributed by atoms with E-state index in [4.69, 9.17) is 10.5 Å². The molecule has 0 aromatic carbocycles. The molecule has 16 heavy (non-hydrogen) atoms. The van der Waals surface area contributed by atoms with Crippen LogP contribution in [0.15, 0.2) is 18.3 Å². The zero-order valence-electron chi connectivity index (χ0n) is 9.86. The first kappa shape index (κ1) is 11.6. The fourth-order valence-corrected chi connectivity index (χ4v) is 2.26. The van der Waals surface area contributed by atoms with Gasteiger partial charge in [0.2, 0.25) is 0 Å². The van der Waals surface area contributed by atoms with Crippen molar-refractivity contribution in [1.29, 1.82) is 0 Å². The molecule has 0 saturated carbocycles. The molecule has 0 amide bonds. The van der Waals surface area contributed by atoms with Crippen molar-refractivity contribution in [2.45, 2.75) is 44.8 Å². The van der Waals surface area contributed by atoms with Crippen LogP contribution in [0.5, 0.6) is 0 Å². The van der Waals surface area contributed by atoms with E-state index in [1.54, 1.807) is 0 Å². The number of ether oxygens (including phenoxy) is 1. The Morgan fingerprint density at radius 2 is 2.50 bits per heavy atom. The van der Waals surface area contributed by atoms with Crippen molar-refractivity contribution in [1.82, 2.24) is 4.98 Å². The van der Waals surface area contributed by atoms with Crippen molar-refractivity contribution in [3.63, 3.8) is 0 Å². The number of rotatable bonds is 4. The summed E-state index contributed by atoms with van der Waals surface area (Å²) >= 11 is 0. The number of nitrogens with zero attached hydrogens (tertiary/aromatic N) is 1. The quantitative estimate of drug-likeness (QED) is 0.847. The molecule has 0 aliphatic carbocycles. The summed E-state index contributed by atoms with van der Waals surface area (Å²) in [7, 11) is 0. The van der Waals surface area contributed by atoms with E-state index in [1.165, 1.54) is 18.4 Å². The highest BCUT2D eigenvalue weighted by molar-refractivity contribution is 5.20. The summed E-state index contributed by atoms with van der Waals surface area (Å²) in [6, 6.07) is 4.06. The zero-order chi connectivity index (χ0) is 11.4. The maximum atomic E-state index is 6.16. The molecule has 1 saturated heterocycles. The van der Waals surface area contributed by atoms with Crippen LogP contribution in [0.2, 0.25) is 0 Å². The lowest BCUT2D eigenvalue weighted by molar-refractivity contribution is 0.101. The molecular weight excluding hydrogens is 200 g/mol. The first-order chi connectivity index (χ1) is 7.77. The third kappa shape index (κ3) is 2.80. The lowest BCUT2D eigenvalue weighted by atomic mass is 10.0. The van der Waals surface area contributed by atoms with Gasteiger partial charge in [-0.1, -0.05) is 6.07 Å². The first-order valence-electron chi connectivity index (χ1n) is 6.06. The second-order valence-corrected chi connectivity index (χ2v) is 4.52. The Bertz CT molecular complexity index is 334. The van der Waals surface area contributed by atoms with Crippen LogP contribution < -0.4 is 5.73 Å². The van der Waals surface area contributed by atoms with E-state index in [0.717, 1.165) is 25.1 Å². The van der Waals surface area contributed by atoms with Crippen molar-refractivity contribution >= 4 is 0 Å². The molecule has 3 nitrogen and oxygen atoms in total. The van der Waals surface area contributed by atoms with E-state index in [1.807, 2.05) is 12.3 Å². The maximum absolute atomic E-state index is 6.16. The molecule has 2 N–H and O–H groups in total. The Balaban J connectivity index is 1.87. The number of nitrogens with two attached hydrogens (primary N) is 1. The van der Waals surface area contributed by atoms with Gasteiger partial charge in [-0.2, -0.15) is 0 Å². The van der Waals surface area contributed by atoms with Crippen LogP contribution in [0.3, 0.4) is 0 Å². The summed E-state index contributed by atoms with van der Waals surface area (Å²) in [5.41, 5.74) is 8.37. The van der Waals surface area contributed by atoms with Crippen LogP contribution in [0.1, 0.15) is 43.0 Å². The number of aromatic nitrogens is 1. The van der Waals surface area contributed by atoms with E-state index in [0.29, 0.717) is 6.10 Å². The summed E-state index contributed by atoms with van der Waals surface area (Å²) < 4.78 is 5.59. The molecule has 1 fully saturated rings. The monoisotopic (exact) mass is 220 g/mol. The van der Waals surface area contributed by atoms with Gasteiger partial charge in [-0.05, 0) is 44.2 Å². The fourth-order valence-electron chi connectivity index (χ4n) is 2.26. The Morgan fingerprint density at radius 3 is 3.19 bits per heavy atom. The van der Waals surface area contributed by atoms with Crippen molar-refractivity contribution in [3.05, 3.63) is 29.6 Å². The molecule has 1 aliphatic heterocycles. The molecule has 2 atom stereocenters. The number of hydrogen-bond donors (Lipinski definition) is 1. The molecule has 2 heterocycles. The first-order valence-corrected chi connectivity index (χ1v) is 6.06. The highest BCUT2D eigenvalue weighted by atomic mass is 16.5. The van der Waals surface area contributed by atoms with Crippen LogP contribution in [0.25, 0.3) is 0 Å². The molecule has 1 aromatic heterocycles. The number of pyridine rings is 1. The minimum Gasteiger partial charge on any atom is -0.378 e. The van der Waals surface area contributed by atoms with Crippen LogP contribution in [-0.2, 0) is 4.74 Å². The lowest BCUT2D eigenvalue weighted by Gasteiger charge is -2.15. The second-order valence-electron chi connectivity index (χ2n) is 4.52. The topological polar surface area (TPSA) is 48.1 Å². The van der Waals surface area contributed by atoms with E-state index in [2.05, 4.69) is 18.0 Å². The maximum Gasteiger partial charge on any atom is 0.0600 e. The van der Waals surface area contributed by atoms with Crippen LogP contribution in [0, 0.1) is 6.92 Å². The highest BCUT2D eigenvalue weighted by Crippen LogP contribution is 2.22. The van der Waals surface area contributed by atoms with Gasteiger partial charge in [0.1, 0.15) is 0 Å². The number of aryl methyl sites for hydroxylation is 1. The van der Waals surface area contributed by atoms with Gasteiger partial charge in [0, 0.05) is 18.8 Å². The molecular formula is C13H20N2O. The smallest absolute Gasteiger partial charge is 0.0600 e. The molecule has 1 aromatic rings. The normalized spacial score (nSPS) is 22.2. The predicted molar refractivity (Wildman–Crippen MR) is 64.1 cm³/mol. The average molecular weight is 220 g/mol. The van der Waals surface area contributed by atoms with E-state index < -0.39 is 0 Å². The summed E-state index contributed by atoms with van der Waals surface area (Å²) in [4.78, 5) is 4.36. The predicted octanol–water partition coefficient (Wildman–Crippen LogP) is 2.35. The third-order valence-electron chi connectivity index (χ3n) is 3.22. The minimum atomic E-state index is 0.0467. The largest absolute Gasteiger partial charge is 0.378 e. The molecule has 0 spiro atoms. The van der Waals surface area contributed by atoms with Crippen molar-refractivity contribution in [3.8, 4) is 0 Å². The molecule has 2 rings (SSSR count). The van der Waals surface area contributed by atoms with Crippen molar-refractivity contribution < 1.29 is 4.74 Å². The SMILES string of the molecule is Cc1cccnc1C(N)CCC1CCCO1. The second kappa shape index (κ2) is 5.41. The highest BCUT2D eigenvalue weighted by Gasteiger charge is 2.18. The number of hydrogen-bond acceptors (Lipinski definition) is 3. The van der Waals surface area contributed by atoms with Crippen molar-refractivity contribution in [2.75, 3.05) is 6.61 Å². The van der Waals surface area contributed by atoms with Gasteiger partial charge in [-0.25, -0.2) is 0 Å². The molecule has 2 unspecified atom stereocenters. The van der Waals surface area contributed by atoms with Gasteiger partial charge >= 0.3 is 0 Å². The van der Waals surface area contributed by atoms with Gasteiger partial charge in [0.05, 0.1) is 11.8 Å². The summed E-state index contributed by atoms with van der Waals surface area (Å²) in [5, 5.41) is 0. The fraction of sp³-hybridized carbons (Fsp3) is 0.615. The summed E-state index contributed by atoms with van der Waals surface area (Å²) in [6.45, 7) is 2.98. The Morgan fingerprint density at radius 1 is 1.62 bits per heavy atom. The van der Waals surface area contributed by atoms with E-state index >= 15 is 0 Å². The van der Waals surface area contributed by atoms with E-state index in [-0.39, 0.29) is 6.04 Å². The van der Waals surface area contributed by atoms with Crippen LogP contribution >= 0.6 is 0 Å². The van der Waals surface area contributed by atoms with Crippen molar-refractivity contribution in [2.24, 2.45) is 5.73 Å². The van der Waals surface area contributed by atoms with Crippen LogP contribution in [0.4, 0.5) is 0 Å². The Kier molecular flexibility index (Phi) is 3.91. The molecule has 88 valence electrons. The van der Waals surface area contributed by atoms with Gasteiger partial charge in [0.25, 0.3) is 0 Å². The van der Waals surface area contributed by atoms with E-state index in [9.17, 15) is 0 Å². The third-order valence-corrected chi connectivity index (χ3v) is 3.22. The standard InChI is InChI=1S/C13H20N2O/c1-10-4-2-8-15-13(10)12(14)7-6-11-5-3-9-16-11/h2,4,8,11-12H,3,5-7,9,14H2,1H3. The minimum absolute atomic E-state index is 0.0467. The van der Waals surface area contributed by atoms with Gasteiger partial charge < -0.3 is 10.5 Å². The molecule has 0 radical (unpaired) electrons.